The Balaban J connectivity index is 1.69. The van der Waals surface area contributed by atoms with Gasteiger partial charge in [-0.15, -0.1) is 6.58 Å². The van der Waals surface area contributed by atoms with Gasteiger partial charge in [0.15, 0.2) is 45.4 Å². The first-order valence-corrected chi connectivity index (χ1v) is 15.0. The van der Waals surface area contributed by atoms with Crippen LogP contribution in [0.25, 0.3) is 33.4 Å². The number of fused-ring (bicyclic) bond motifs is 2. The number of carbonyl (C=O) groups is 1. The predicted octanol–water partition coefficient (Wildman–Crippen LogP) is 6.95. The maximum atomic E-state index is 14.3. The molecule has 0 radical (unpaired) electrons. The Bertz CT molecular complexity index is 2180. The molecule has 0 aromatic heterocycles. The van der Waals surface area contributed by atoms with Crippen molar-refractivity contribution in [3.8, 4) is 39.7 Å². The van der Waals surface area contributed by atoms with Crippen molar-refractivity contribution < 1.29 is 58.7 Å². The van der Waals surface area contributed by atoms with Gasteiger partial charge >= 0.3 is 16.1 Å². The van der Waals surface area contributed by atoms with Crippen molar-refractivity contribution in [1.29, 1.82) is 0 Å². The summed E-state index contributed by atoms with van der Waals surface area (Å²) >= 11 is 0. The second-order valence-corrected chi connectivity index (χ2v) is 11.5. The van der Waals surface area contributed by atoms with Crippen LogP contribution in [-0.4, -0.2) is 31.2 Å². The Labute approximate surface area is 262 Å². The monoisotopic (exact) mass is 676 g/mol. The molecular formula is C32H21F5O9S. The Morgan fingerprint density at radius 1 is 0.872 bits per heavy atom. The van der Waals surface area contributed by atoms with Crippen molar-refractivity contribution in [2.45, 2.75) is 24.2 Å². The average Bonchev–Trinajstić information content (AvgIpc) is 3.03. The summed E-state index contributed by atoms with van der Waals surface area (Å²) in [6.07, 6.45) is 3.69. The number of hydrogen-bond donors (Lipinski definition) is 2. The number of halogens is 5. The lowest BCUT2D eigenvalue weighted by molar-refractivity contribution is 0.0499. The molecular weight excluding hydrogens is 655 g/mol. The van der Waals surface area contributed by atoms with Gasteiger partial charge < -0.3 is 23.6 Å². The summed E-state index contributed by atoms with van der Waals surface area (Å²) in [6.45, 7) is 3.70. The van der Waals surface area contributed by atoms with Crippen LogP contribution in [0.3, 0.4) is 0 Å². The second kappa shape index (κ2) is 12.7. The lowest BCUT2D eigenvalue weighted by atomic mass is 9.90. The zero-order valence-electron chi connectivity index (χ0n) is 23.8. The third-order valence-corrected chi connectivity index (χ3v) is 8.21. The molecule has 244 valence electrons. The van der Waals surface area contributed by atoms with E-state index in [0.717, 1.165) is 24.3 Å². The first-order chi connectivity index (χ1) is 22.3. The van der Waals surface area contributed by atoms with Crippen LogP contribution in [0.1, 0.15) is 29.6 Å². The van der Waals surface area contributed by atoms with Crippen LogP contribution in [-0.2, 0) is 14.9 Å². The van der Waals surface area contributed by atoms with E-state index in [2.05, 4.69) is 10.8 Å². The Morgan fingerprint density at radius 2 is 1.53 bits per heavy atom. The van der Waals surface area contributed by atoms with E-state index in [1.807, 2.05) is 0 Å². The van der Waals surface area contributed by atoms with Gasteiger partial charge in [0.1, 0.15) is 11.3 Å². The normalized spacial score (nSPS) is 11.6. The summed E-state index contributed by atoms with van der Waals surface area (Å²) in [5.41, 5.74) is -0.907. The van der Waals surface area contributed by atoms with E-state index in [1.54, 1.807) is 12.1 Å². The fourth-order valence-corrected chi connectivity index (χ4v) is 5.83. The summed E-state index contributed by atoms with van der Waals surface area (Å²) in [4.78, 5) is 23.2. The van der Waals surface area contributed by atoms with E-state index >= 15 is 0 Å². The summed E-state index contributed by atoms with van der Waals surface area (Å²) in [6, 6.07) is 9.52. The SMILES string of the molecule is C=CCCCCOC(=O)c1ccccc1-c1c2cc(O)c(=O)cc-2oc2cc(OS(=O)(=O)c3c(F)c(F)c(F)c(F)c3F)c(O)cc12. The molecule has 47 heavy (non-hydrogen) atoms. The number of hydrogen-bond acceptors (Lipinski definition) is 9. The summed E-state index contributed by atoms with van der Waals surface area (Å²) < 4.78 is 111. The molecule has 15 heteroatoms. The molecule has 0 saturated carbocycles. The number of benzene rings is 4. The van der Waals surface area contributed by atoms with E-state index in [1.165, 1.54) is 18.2 Å². The predicted molar refractivity (Wildman–Crippen MR) is 156 cm³/mol. The summed E-state index contributed by atoms with van der Waals surface area (Å²) in [5, 5.41) is 21.0. The van der Waals surface area contributed by atoms with Crippen LogP contribution < -0.4 is 9.61 Å². The van der Waals surface area contributed by atoms with Gasteiger partial charge in [0.25, 0.3) is 0 Å². The first-order valence-electron chi connectivity index (χ1n) is 13.6. The maximum Gasteiger partial charge on any atom is 0.345 e. The van der Waals surface area contributed by atoms with Crippen LogP contribution in [0.2, 0.25) is 0 Å². The molecule has 2 N–H and O–H groups in total. The minimum absolute atomic E-state index is 0.0180. The van der Waals surface area contributed by atoms with Gasteiger partial charge in [-0.05, 0) is 43.0 Å². The van der Waals surface area contributed by atoms with Crippen molar-refractivity contribution in [1.82, 2.24) is 0 Å². The van der Waals surface area contributed by atoms with E-state index in [-0.39, 0.29) is 45.6 Å². The van der Waals surface area contributed by atoms with Crippen LogP contribution in [0, 0.1) is 29.1 Å². The number of phenolic OH excluding ortho intramolecular Hbond substituents is 2. The van der Waals surface area contributed by atoms with E-state index < -0.39 is 72.7 Å². The van der Waals surface area contributed by atoms with Gasteiger partial charge in [-0.25, -0.2) is 26.7 Å². The van der Waals surface area contributed by atoms with Gasteiger partial charge in [-0.3, -0.25) is 4.79 Å². The summed E-state index contributed by atoms with van der Waals surface area (Å²) in [7, 11) is -5.83. The smallest absolute Gasteiger partial charge is 0.345 e. The Hall–Kier alpha value is -5.44. The Kier molecular flexibility index (Phi) is 8.94. The topological polar surface area (TPSA) is 140 Å². The third-order valence-electron chi connectivity index (χ3n) is 6.95. The molecule has 1 heterocycles. The van der Waals surface area contributed by atoms with Crippen molar-refractivity contribution >= 4 is 27.1 Å². The number of phenols is 2. The van der Waals surface area contributed by atoms with Gasteiger partial charge in [0.05, 0.1) is 12.2 Å². The highest BCUT2D eigenvalue weighted by Crippen LogP contribution is 2.45. The first kappa shape index (κ1) is 32.9. The number of unbranched alkanes of at least 4 members (excludes halogenated alkanes) is 2. The van der Waals surface area contributed by atoms with Gasteiger partial charge in [0, 0.05) is 28.6 Å². The number of ether oxygens (including phenoxy) is 1. The zero-order chi connectivity index (χ0) is 34.2. The largest absolute Gasteiger partial charge is 0.504 e. The molecule has 1 aliphatic heterocycles. The molecule has 0 amide bonds. The molecule has 3 aromatic rings. The van der Waals surface area contributed by atoms with Crippen LogP contribution >= 0.6 is 0 Å². The highest BCUT2D eigenvalue weighted by Gasteiger charge is 2.36. The van der Waals surface area contributed by atoms with E-state index in [0.29, 0.717) is 19.3 Å². The van der Waals surface area contributed by atoms with Crippen LogP contribution in [0.4, 0.5) is 22.0 Å². The molecule has 0 unspecified atom stereocenters. The lowest BCUT2D eigenvalue weighted by Gasteiger charge is -2.18. The molecule has 2 aliphatic rings. The maximum absolute atomic E-state index is 14.3. The molecule has 9 nitrogen and oxygen atoms in total. The molecule has 0 atom stereocenters. The van der Waals surface area contributed by atoms with E-state index in [4.69, 9.17) is 9.15 Å². The molecule has 5 rings (SSSR count). The minimum atomic E-state index is -5.83. The van der Waals surface area contributed by atoms with Gasteiger partial charge in [0.2, 0.25) is 11.2 Å². The number of carbonyl (C=O) groups excluding carboxylic acids is 1. The zero-order valence-corrected chi connectivity index (χ0v) is 24.6. The average molecular weight is 677 g/mol. The minimum Gasteiger partial charge on any atom is -0.504 e. The molecule has 0 bridgehead atoms. The van der Waals surface area contributed by atoms with Gasteiger partial charge in [-0.1, -0.05) is 24.3 Å². The van der Waals surface area contributed by atoms with E-state index in [9.17, 15) is 50.2 Å². The molecule has 1 aliphatic carbocycles. The second-order valence-electron chi connectivity index (χ2n) is 10.0. The molecule has 3 aromatic carbocycles. The molecule has 0 saturated heterocycles. The summed E-state index contributed by atoms with van der Waals surface area (Å²) in [5.74, 6) is -16.8. The van der Waals surface area contributed by atoms with Crippen molar-refractivity contribution in [2.24, 2.45) is 0 Å². The van der Waals surface area contributed by atoms with Crippen molar-refractivity contribution in [3.05, 3.63) is 106 Å². The van der Waals surface area contributed by atoms with Crippen molar-refractivity contribution in [3.63, 3.8) is 0 Å². The standard InChI is InChI=1S/C32H21F5O9S/c1-2-3-4-7-10-44-32(41)16-9-6-5-8-15(16)25-17-11-19(38)20(39)13-22(17)45-23-14-24(21(40)12-18(23)25)46-47(42,43)31-29(36)27(34)26(33)28(35)30(31)37/h2,5-6,8-9,11-14,38,40H,1,3-4,7,10H2. The fourth-order valence-electron chi connectivity index (χ4n) is 4.76. The highest BCUT2D eigenvalue weighted by atomic mass is 32.2. The number of rotatable bonds is 10. The number of aromatic hydroxyl groups is 2. The number of esters is 1. The van der Waals surface area contributed by atoms with Crippen LogP contribution in [0.5, 0.6) is 17.2 Å². The van der Waals surface area contributed by atoms with Crippen LogP contribution in [0.15, 0.2) is 75.3 Å². The van der Waals surface area contributed by atoms with Gasteiger partial charge in [-0.2, -0.15) is 8.42 Å². The molecule has 0 spiro atoms. The Morgan fingerprint density at radius 3 is 2.21 bits per heavy atom. The third kappa shape index (κ3) is 6.08. The highest BCUT2D eigenvalue weighted by molar-refractivity contribution is 7.87. The quantitative estimate of drug-likeness (QED) is 0.0235. The number of allylic oxidation sites excluding steroid dienone is 1. The fraction of sp³-hybridized carbons (Fsp3) is 0.125. The lowest BCUT2D eigenvalue weighted by Crippen LogP contribution is -2.17. The molecule has 0 fully saturated rings. The van der Waals surface area contributed by atoms with Crippen molar-refractivity contribution in [2.75, 3.05) is 6.61 Å².